The zero-order chi connectivity index (χ0) is 10.2. The molecular formula is C14H14Fe. The van der Waals surface area contributed by atoms with Crippen LogP contribution in [0.25, 0.3) is 0 Å². The Hall–Kier alpha value is -1.22. The van der Waals surface area contributed by atoms with E-state index in [1.165, 1.54) is 5.56 Å². The maximum absolute atomic E-state index is 5.04. The molecule has 0 heterocycles. The molecule has 0 saturated carbocycles. The molecule has 0 spiro atoms. The molecular weight excluding hydrogens is 224 g/mol. The topological polar surface area (TPSA) is 0 Å². The SMILES string of the molecule is C#Cc1cc[cH-]c1.CCc1cc[cH-]c1.[Fe+2]. The van der Waals surface area contributed by atoms with E-state index in [0.29, 0.717) is 0 Å². The van der Waals surface area contributed by atoms with Gasteiger partial charge in [-0.15, -0.1) is 12.0 Å². The Morgan fingerprint density at radius 2 is 1.87 bits per heavy atom. The maximum Gasteiger partial charge on any atom is 2.00 e. The minimum atomic E-state index is 0. The Morgan fingerprint density at radius 3 is 2.13 bits per heavy atom. The molecule has 2 rings (SSSR count). The second-order valence-electron chi connectivity index (χ2n) is 2.96. The van der Waals surface area contributed by atoms with Gasteiger partial charge in [0, 0.05) is 0 Å². The molecule has 0 amide bonds. The number of terminal acetylenes is 1. The minimum absolute atomic E-state index is 0. The van der Waals surface area contributed by atoms with Crippen LogP contribution in [0.5, 0.6) is 0 Å². The molecule has 0 radical (unpaired) electrons. The Bertz CT molecular complexity index is 360. The van der Waals surface area contributed by atoms with Crippen molar-refractivity contribution < 1.29 is 17.1 Å². The second-order valence-corrected chi connectivity index (χ2v) is 2.96. The summed E-state index contributed by atoms with van der Waals surface area (Å²) < 4.78 is 0. The van der Waals surface area contributed by atoms with E-state index < -0.39 is 0 Å². The molecule has 0 atom stereocenters. The molecule has 0 N–H and O–H groups in total. The maximum atomic E-state index is 5.04. The van der Waals surface area contributed by atoms with E-state index in [4.69, 9.17) is 6.42 Å². The van der Waals surface area contributed by atoms with Gasteiger partial charge < -0.3 is 0 Å². The first-order chi connectivity index (χ1) is 6.86. The minimum Gasteiger partial charge on any atom is -0.211 e. The largest absolute Gasteiger partial charge is 2.00 e. The van der Waals surface area contributed by atoms with Crippen LogP contribution in [0, 0.1) is 12.3 Å². The van der Waals surface area contributed by atoms with E-state index in [0.717, 1.165) is 12.0 Å². The van der Waals surface area contributed by atoms with Crippen molar-refractivity contribution >= 4 is 0 Å². The van der Waals surface area contributed by atoms with Crippen LogP contribution in [0.4, 0.5) is 0 Å². The summed E-state index contributed by atoms with van der Waals surface area (Å²) in [6, 6.07) is 16.1. The van der Waals surface area contributed by atoms with Crippen molar-refractivity contribution in [2.24, 2.45) is 0 Å². The molecule has 0 unspecified atom stereocenters. The third kappa shape index (κ3) is 5.27. The third-order valence-corrected chi connectivity index (χ3v) is 1.97. The summed E-state index contributed by atoms with van der Waals surface area (Å²) in [7, 11) is 0. The van der Waals surface area contributed by atoms with Crippen molar-refractivity contribution in [1.29, 1.82) is 0 Å². The van der Waals surface area contributed by atoms with Gasteiger partial charge in [0.2, 0.25) is 0 Å². The third-order valence-electron chi connectivity index (χ3n) is 1.97. The molecule has 0 nitrogen and oxygen atoms in total. The van der Waals surface area contributed by atoms with Crippen molar-refractivity contribution in [2.75, 3.05) is 0 Å². The summed E-state index contributed by atoms with van der Waals surface area (Å²) in [5.41, 5.74) is 2.39. The zero-order valence-electron chi connectivity index (χ0n) is 8.76. The Balaban J connectivity index is 0.000000245. The first-order valence-corrected chi connectivity index (χ1v) is 4.75. The van der Waals surface area contributed by atoms with Gasteiger partial charge in [0.05, 0.1) is 0 Å². The van der Waals surface area contributed by atoms with Gasteiger partial charge in [-0.1, -0.05) is 13.3 Å². The number of aryl methyl sites for hydroxylation is 1. The molecule has 0 fully saturated rings. The van der Waals surface area contributed by atoms with Crippen molar-refractivity contribution in [2.45, 2.75) is 13.3 Å². The first-order valence-electron chi connectivity index (χ1n) is 4.75. The average molecular weight is 238 g/mol. The first kappa shape index (κ1) is 13.8. The van der Waals surface area contributed by atoms with Crippen LogP contribution in [0.2, 0.25) is 0 Å². The molecule has 0 aliphatic rings. The molecule has 1 heteroatoms. The molecule has 0 aliphatic carbocycles. The Morgan fingerprint density at radius 1 is 1.20 bits per heavy atom. The monoisotopic (exact) mass is 238 g/mol. The van der Waals surface area contributed by atoms with Crippen molar-refractivity contribution in [3.63, 3.8) is 0 Å². The van der Waals surface area contributed by atoms with E-state index in [-0.39, 0.29) is 17.1 Å². The van der Waals surface area contributed by atoms with Crippen LogP contribution < -0.4 is 0 Å². The van der Waals surface area contributed by atoms with Gasteiger partial charge in [-0.25, -0.2) is 6.07 Å². The van der Waals surface area contributed by atoms with Gasteiger partial charge in [0.25, 0.3) is 0 Å². The summed E-state index contributed by atoms with van der Waals surface area (Å²) in [5.74, 6) is 2.51. The van der Waals surface area contributed by atoms with Crippen LogP contribution >= 0.6 is 0 Å². The fourth-order valence-electron chi connectivity index (χ4n) is 1.12. The summed E-state index contributed by atoms with van der Waals surface area (Å²) in [6.45, 7) is 2.16. The fourth-order valence-corrected chi connectivity index (χ4v) is 1.12. The van der Waals surface area contributed by atoms with E-state index in [2.05, 4.69) is 37.1 Å². The number of hydrogen-bond donors (Lipinski definition) is 0. The van der Waals surface area contributed by atoms with Gasteiger partial charge in [0.15, 0.2) is 0 Å². The van der Waals surface area contributed by atoms with Crippen LogP contribution in [-0.2, 0) is 23.5 Å². The van der Waals surface area contributed by atoms with E-state index in [9.17, 15) is 0 Å². The summed E-state index contributed by atoms with van der Waals surface area (Å²) in [6.07, 6.45) is 6.20. The number of hydrogen-bond acceptors (Lipinski definition) is 0. The van der Waals surface area contributed by atoms with Crippen molar-refractivity contribution in [3.05, 3.63) is 59.7 Å². The normalized spacial score (nSPS) is 8.00. The average Bonchev–Trinajstić information content (AvgIpc) is 2.92. The molecule has 0 aliphatic heterocycles. The summed E-state index contributed by atoms with van der Waals surface area (Å²) in [4.78, 5) is 0. The van der Waals surface area contributed by atoms with E-state index in [1.807, 2.05) is 24.3 Å². The van der Waals surface area contributed by atoms with Gasteiger partial charge in [-0.05, 0) is 0 Å². The summed E-state index contributed by atoms with van der Waals surface area (Å²) >= 11 is 0. The predicted molar refractivity (Wildman–Crippen MR) is 61.4 cm³/mol. The van der Waals surface area contributed by atoms with Gasteiger partial charge in [-0.2, -0.15) is 53.9 Å². The Kier molecular flexibility index (Phi) is 7.46. The summed E-state index contributed by atoms with van der Waals surface area (Å²) in [5, 5.41) is 0. The van der Waals surface area contributed by atoms with Gasteiger partial charge in [-0.3, -0.25) is 0 Å². The molecule has 15 heavy (non-hydrogen) atoms. The molecule has 0 aromatic heterocycles. The molecule has 2 aromatic rings. The van der Waals surface area contributed by atoms with E-state index >= 15 is 0 Å². The van der Waals surface area contributed by atoms with Crippen LogP contribution in [0.3, 0.4) is 0 Å². The van der Waals surface area contributed by atoms with Crippen LogP contribution in [-0.4, -0.2) is 0 Å². The quantitative estimate of drug-likeness (QED) is 0.406. The van der Waals surface area contributed by atoms with Crippen molar-refractivity contribution in [3.8, 4) is 12.3 Å². The standard InChI is InChI=1S/C7H9.C7H5.Fe/c2*1-2-7-5-3-4-6-7;/h3-6H,2H2,1H3;1,3-6H;/q2*-1;+2. The zero-order valence-corrected chi connectivity index (χ0v) is 9.86. The van der Waals surface area contributed by atoms with Gasteiger partial charge in [0.1, 0.15) is 0 Å². The molecule has 0 saturated heterocycles. The number of rotatable bonds is 1. The van der Waals surface area contributed by atoms with Crippen molar-refractivity contribution in [1.82, 2.24) is 0 Å². The predicted octanol–water partition coefficient (Wildman–Crippen LogP) is 3.35. The smallest absolute Gasteiger partial charge is 0.211 e. The van der Waals surface area contributed by atoms with Crippen LogP contribution in [0.15, 0.2) is 48.5 Å². The van der Waals surface area contributed by atoms with Crippen LogP contribution in [0.1, 0.15) is 18.1 Å². The van der Waals surface area contributed by atoms with E-state index in [1.54, 1.807) is 0 Å². The molecule has 0 bridgehead atoms. The molecule has 78 valence electrons. The Labute approximate surface area is 103 Å². The molecule has 2 aromatic carbocycles. The second kappa shape index (κ2) is 8.12. The van der Waals surface area contributed by atoms with Gasteiger partial charge >= 0.3 is 17.1 Å². The fraction of sp³-hybridized carbons (Fsp3) is 0.143.